The molecule has 1 fully saturated rings. The van der Waals surface area contributed by atoms with Crippen molar-refractivity contribution in [3.8, 4) is 0 Å². The molecule has 0 saturated carbocycles. The molecule has 2 aromatic carbocycles. The van der Waals surface area contributed by atoms with Gasteiger partial charge in [-0.2, -0.15) is 0 Å². The zero-order valence-electron chi connectivity index (χ0n) is 15.4. The molecule has 0 aliphatic carbocycles. The van der Waals surface area contributed by atoms with Gasteiger partial charge in [-0.05, 0) is 45.0 Å². The smallest absolute Gasteiger partial charge is 0.256 e. The number of rotatable bonds is 3. The van der Waals surface area contributed by atoms with Gasteiger partial charge in [0.1, 0.15) is 0 Å². The maximum Gasteiger partial charge on any atom is 0.256 e. The van der Waals surface area contributed by atoms with Crippen LogP contribution in [-0.4, -0.2) is 42.0 Å². The highest BCUT2D eigenvalue weighted by Crippen LogP contribution is 2.21. The van der Waals surface area contributed by atoms with Crippen LogP contribution in [0.15, 0.2) is 48.5 Å². The van der Waals surface area contributed by atoms with E-state index in [0.29, 0.717) is 29.9 Å². The first-order valence-electron chi connectivity index (χ1n) is 8.86. The maximum atomic E-state index is 13.0. The van der Waals surface area contributed by atoms with Crippen molar-refractivity contribution in [3.05, 3.63) is 65.2 Å². The number of ether oxygens (including phenoxy) is 1. The summed E-state index contributed by atoms with van der Waals surface area (Å²) in [5, 5.41) is 2.87. The van der Waals surface area contributed by atoms with E-state index in [1.54, 1.807) is 29.2 Å². The van der Waals surface area contributed by atoms with Crippen LogP contribution < -0.4 is 5.32 Å². The lowest BCUT2D eigenvalue weighted by Crippen LogP contribution is -2.48. The average molecular weight is 352 g/mol. The third-order valence-electron chi connectivity index (χ3n) is 4.43. The minimum absolute atomic E-state index is 0.00277. The fourth-order valence-corrected chi connectivity index (χ4v) is 3.19. The Bertz CT molecular complexity index is 791. The van der Waals surface area contributed by atoms with E-state index in [-0.39, 0.29) is 24.0 Å². The molecule has 0 bridgehead atoms. The highest BCUT2D eigenvalue weighted by atomic mass is 16.5. The Morgan fingerprint density at radius 3 is 2.27 bits per heavy atom. The van der Waals surface area contributed by atoms with Crippen LogP contribution in [0.3, 0.4) is 0 Å². The van der Waals surface area contributed by atoms with Gasteiger partial charge in [0.2, 0.25) is 0 Å². The van der Waals surface area contributed by atoms with Gasteiger partial charge in [0.15, 0.2) is 0 Å². The maximum absolute atomic E-state index is 13.0. The number of carbonyl (C=O) groups excluding carboxylic acids is 2. The minimum Gasteiger partial charge on any atom is -0.372 e. The number of benzene rings is 2. The van der Waals surface area contributed by atoms with E-state index in [1.807, 2.05) is 45.0 Å². The number of morpholine rings is 1. The summed E-state index contributed by atoms with van der Waals surface area (Å²) in [4.78, 5) is 27.3. The van der Waals surface area contributed by atoms with Gasteiger partial charge < -0.3 is 15.0 Å². The highest BCUT2D eigenvalue weighted by Gasteiger charge is 2.28. The van der Waals surface area contributed by atoms with Crippen molar-refractivity contribution in [2.45, 2.75) is 33.0 Å². The first kappa shape index (κ1) is 18.1. The molecule has 2 atom stereocenters. The van der Waals surface area contributed by atoms with Gasteiger partial charge in [0.05, 0.1) is 23.5 Å². The molecule has 3 rings (SSSR count). The predicted molar refractivity (Wildman–Crippen MR) is 101 cm³/mol. The largest absolute Gasteiger partial charge is 0.372 e. The molecule has 5 nitrogen and oxygen atoms in total. The summed E-state index contributed by atoms with van der Waals surface area (Å²) in [5.41, 5.74) is 2.67. The zero-order valence-corrected chi connectivity index (χ0v) is 15.4. The topological polar surface area (TPSA) is 58.6 Å². The number of nitrogens with one attached hydrogen (secondary N) is 1. The van der Waals surface area contributed by atoms with E-state index in [9.17, 15) is 9.59 Å². The molecule has 1 aliphatic rings. The fraction of sp³-hybridized carbons (Fsp3) is 0.333. The highest BCUT2D eigenvalue weighted by molar-refractivity contribution is 6.09. The van der Waals surface area contributed by atoms with E-state index in [0.717, 1.165) is 5.56 Å². The van der Waals surface area contributed by atoms with Crippen molar-refractivity contribution < 1.29 is 14.3 Å². The number of hydrogen-bond donors (Lipinski definition) is 1. The Morgan fingerprint density at radius 1 is 1.00 bits per heavy atom. The van der Waals surface area contributed by atoms with Gasteiger partial charge in [-0.1, -0.05) is 29.8 Å². The molecule has 0 radical (unpaired) electrons. The van der Waals surface area contributed by atoms with Crippen molar-refractivity contribution in [1.82, 2.24) is 4.90 Å². The molecule has 0 unspecified atom stereocenters. The average Bonchev–Trinajstić information content (AvgIpc) is 2.61. The van der Waals surface area contributed by atoms with Gasteiger partial charge in [0.25, 0.3) is 11.8 Å². The van der Waals surface area contributed by atoms with Gasteiger partial charge in [0, 0.05) is 18.7 Å². The predicted octanol–water partition coefficient (Wildman–Crippen LogP) is 3.50. The van der Waals surface area contributed by atoms with Crippen LogP contribution in [0.25, 0.3) is 0 Å². The number of hydrogen-bond acceptors (Lipinski definition) is 3. The zero-order chi connectivity index (χ0) is 18.7. The van der Waals surface area contributed by atoms with Crippen LogP contribution in [-0.2, 0) is 4.74 Å². The molecule has 26 heavy (non-hydrogen) atoms. The summed E-state index contributed by atoms with van der Waals surface area (Å²) in [6, 6.07) is 14.5. The number of amides is 2. The standard InChI is InChI=1S/C21H24N2O3/c1-14-8-10-17(11-9-14)20(24)22-19-7-5-4-6-18(19)21(25)23-12-15(2)26-16(3)13-23/h4-11,15-16H,12-13H2,1-3H3,(H,22,24)/t15-,16-/m1/s1. The molecular formula is C21H24N2O3. The summed E-state index contributed by atoms with van der Waals surface area (Å²) in [6.45, 7) is 6.98. The molecule has 0 aromatic heterocycles. The molecule has 1 N–H and O–H groups in total. The first-order valence-corrected chi connectivity index (χ1v) is 8.86. The summed E-state index contributed by atoms with van der Waals surface area (Å²) in [7, 11) is 0. The number of para-hydroxylation sites is 1. The van der Waals surface area contributed by atoms with Crippen molar-refractivity contribution >= 4 is 17.5 Å². The van der Waals surface area contributed by atoms with E-state index < -0.39 is 0 Å². The second kappa shape index (κ2) is 7.70. The Morgan fingerprint density at radius 2 is 1.62 bits per heavy atom. The van der Waals surface area contributed by atoms with Crippen LogP contribution >= 0.6 is 0 Å². The lowest BCUT2D eigenvalue weighted by atomic mass is 10.1. The number of nitrogens with zero attached hydrogens (tertiary/aromatic N) is 1. The molecule has 2 aromatic rings. The molecule has 1 heterocycles. The van der Waals surface area contributed by atoms with E-state index in [2.05, 4.69) is 5.32 Å². The Balaban J connectivity index is 1.80. The summed E-state index contributed by atoms with van der Waals surface area (Å²) in [6.07, 6.45) is -0.00553. The van der Waals surface area contributed by atoms with E-state index in [4.69, 9.17) is 4.74 Å². The van der Waals surface area contributed by atoms with Crippen LogP contribution in [0.2, 0.25) is 0 Å². The Labute approximate surface area is 154 Å². The van der Waals surface area contributed by atoms with Crippen molar-refractivity contribution in [3.63, 3.8) is 0 Å². The van der Waals surface area contributed by atoms with Crippen molar-refractivity contribution in [2.75, 3.05) is 18.4 Å². The van der Waals surface area contributed by atoms with Crippen molar-refractivity contribution in [2.24, 2.45) is 0 Å². The normalized spacial score (nSPS) is 19.9. The molecule has 2 amide bonds. The number of carbonyl (C=O) groups is 2. The lowest BCUT2D eigenvalue weighted by Gasteiger charge is -2.35. The lowest BCUT2D eigenvalue weighted by molar-refractivity contribution is -0.0585. The Hall–Kier alpha value is -2.66. The van der Waals surface area contributed by atoms with Gasteiger partial charge in [-0.3, -0.25) is 9.59 Å². The second-order valence-electron chi connectivity index (χ2n) is 6.83. The third-order valence-corrected chi connectivity index (χ3v) is 4.43. The van der Waals surface area contributed by atoms with E-state index in [1.165, 1.54) is 0 Å². The molecule has 1 aliphatic heterocycles. The van der Waals surface area contributed by atoms with Gasteiger partial charge in [-0.15, -0.1) is 0 Å². The second-order valence-corrected chi connectivity index (χ2v) is 6.83. The van der Waals surface area contributed by atoms with Gasteiger partial charge in [-0.25, -0.2) is 0 Å². The number of anilines is 1. The molecule has 136 valence electrons. The Kier molecular flexibility index (Phi) is 5.38. The van der Waals surface area contributed by atoms with Crippen LogP contribution in [0.4, 0.5) is 5.69 Å². The van der Waals surface area contributed by atoms with Crippen LogP contribution in [0.1, 0.15) is 40.1 Å². The summed E-state index contributed by atoms with van der Waals surface area (Å²) >= 11 is 0. The van der Waals surface area contributed by atoms with Crippen LogP contribution in [0.5, 0.6) is 0 Å². The fourth-order valence-electron chi connectivity index (χ4n) is 3.19. The van der Waals surface area contributed by atoms with E-state index >= 15 is 0 Å². The van der Waals surface area contributed by atoms with Crippen molar-refractivity contribution in [1.29, 1.82) is 0 Å². The summed E-state index contributed by atoms with van der Waals surface area (Å²) < 4.78 is 5.70. The summed E-state index contributed by atoms with van der Waals surface area (Å²) in [5.74, 6) is -0.319. The molecule has 0 spiro atoms. The molecule has 5 heteroatoms. The van der Waals surface area contributed by atoms with Crippen LogP contribution in [0, 0.1) is 6.92 Å². The molecular weight excluding hydrogens is 328 g/mol. The first-order chi connectivity index (χ1) is 12.4. The quantitative estimate of drug-likeness (QED) is 0.920. The number of aryl methyl sites for hydroxylation is 1. The minimum atomic E-state index is -0.228. The third kappa shape index (κ3) is 4.11. The molecule has 1 saturated heterocycles. The van der Waals surface area contributed by atoms with Gasteiger partial charge >= 0.3 is 0 Å². The monoisotopic (exact) mass is 352 g/mol. The SMILES string of the molecule is Cc1ccc(C(=O)Nc2ccccc2C(=O)N2C[C@@H](C)O[C@H](C)C2)cc1.